The quantitative estimate of drug-likeness (QED) is 0.658. The summed E-state index contributed by atoms with van der Waals surface area (Å²) in [5, 5.41) is 3.23. The first kappa shape index (κ1) is 12.0. The van der Waals surface area contributed by atoms with E-state index in [1.807, 2.05) is 0 Å². The summed E-state index contributed by atoms with van der Waals surface area (Å²) in [7, 11) is 0. The van der Waals surface area contributed by atoms with Crippen molar-refractivity contribution in [2.24, 2.45) is 5.73 Å². The summed E-state index contributed by atoms with van der Waals surface area (Å²) in [4.78, 5) is 24.2. The third kappa shape index (κ3) is 3.51. The van der Waals surface area contributed by atoms with Gasteiger partial charge >= 0.3 is 0 Å². The highest BCUT2D eigenvalue weighted by Gasteiger charge is 2.25. The first-order chi connectivity index (χ1) is 7.15. The highest BCUT2D eigenvalue weighted by Crippen LogP contribution is 2.12. The fraction of sp³-hybridized carbons (Fsp3) is 0.800. The van der Waals surface area contributed by atoms with Crippen LogP contribution >= 0.6 is 0 Å². The second kappa shape index (κ2) is 5.70. The Morgan fingerprint density at radius 1 is 1.40 bits per heavy atom. The number of amides is 2. The maximum Gasteiger partial charge on any atom is 0.237 e. The standard InChI is InChI=1S/C10H19N3O2/c1-2-10(15)13(7-9(11)14)8-3-5-12-6-4-8/h8,12H,2-7H2,1H3,(H2,11,14). The summed E-state index contributed by atoms with van der Waals surface area (Å²) in [6.45, 7) is 3.66. The van der Waals surface area contributed by atoms with E-state index in [0.29, 0.717) is 6.42 Å². The van der Waals surface area contributed by atoms with Gasteiger partial charge in [-0.05, 0) is 25.9 Å². The van der Waals surface area contributed by atoms with Crippen molar-refractivity contribution in [1.29, 1.82) is 0 Å². The fourth-order valence-electron chi connectivity index (χ4n) is 1.91. The molecule has 0 aromatic rings. The average Bonchev–Trinajstić information content (AvgIpc) is 2.26. The van der Waals surface area contributed by atoms with Crippen LogP contribution in [0.4, 0.5) is 0 Å². The van der Waals surface area contributed by atoms with Gasteiger partial charge in [0.2, 0.25) is 11.8 Å². The van der Waals surface area contributed by atoms with E-state index >= 15 is 0 Å². The van der Waals surface area contributed by atoms with Gasteiger partial charge in [-0.2, -0.15) is 0 Å². The van der Waals surface area contributed by atoms with E-state index in [4.69, 9.17) is 5.73 Å². The van der Waals surface area contributed by atoms with Crippen LogP contribution in [0.15, 0.2) is 0 Å². The van der Waals surface area contributed by atoms with Gasteiger partial charge in [0.05, 0.1) is 6.54 Å². The molecule has 0 aromatic heterocycles. The number of nitrogens with one attached hydrogen (secondary N) is 1. The van der Waals surface area contributed by atoms with Crippen LogP contribution in [0, 0.1) is 0 Å². The minimum Gasteiger partial charge on any atom is -0.368 e. The topological polar surface area (TPSA) is 75.4 Å². The molecule has 1 aliphatic heterocycles. The lowest BCUT2D eigenvalue weighted by molar-refractivity contribution is -0.137. The van der Waals surface area contributed by atoms with Crippen molar-refractivity contribution in [1.82, 2.24) is 10.2 Å². The molecule has 3 N–H and O–H groups in total. The SMILES string of the molecule is CCC(=O)N(CC(N)=O)C1CCNCC1. The molecule has 0 aliphatic carbocycles. The number of rotatable bonds is 4. The number of carbonyl (C=O) groups excluding carboxylic acids is 2. The van der Waals surface area contributed by atoms with E-state index in [1.54, 1.807) is 11.8 Å². The molecule has 0 spiro atoms. The van der Waals surface area contributed by atoms with Crippen molar-refractivity contribution < 1.29 is 9.59 Å². The van der Waals surface area contributed by atoms with E-state index < -0.39 is 5.91 Å². The molecular weight excluding hydrogens is 194 g/mol. The molecule has 5 heteroatoms. The van der Waals surface area contributed by atoms with Gasteiger partial charge in [0.25, 0.3) is 0 Å². The lowest BCUT2D eigenvalue weighted by Gasteiger charge is -2.33. The number of piperidine rings is 1. The molecule has 0 radical (unpaired) electrons. The summed E-state index contributed by atoms with van der Waals surface area (Å²) in [5.74, 6) is -0.420. The number of hydrogen-bond acceptors (Lipinski definition) is 3. The molecule has 0 unspecified atom stereocenters. The molecule has 1 aliphatic rings. The van der Waals surface area contributed by atoms with E-state index in [9.17, 15) is 9.59 Å². The molecule has 1 heterocycles. The van der Waals surface area contributed by atoms with Crippen molar-refractivity contribution in [3.05, 3.63) is 0 Å². The molecule has 2 amide bonds. The molecule has 0 saturated carbocycles. The van der Waals surface area contributed by atoms with E-state index in [0.717, 1.165) is 25.9 Å². The second-order valence-corrected chi connectivity index (χ2v) is 3.82. The van der Waals surface area contributed by atoms with Crippen LogP contribution < -0.4 is 11.1 Å². The second-order valence-electron chi connectivity index (χ2n) is 3.82. The molecule has 86 valence electrons. The number of primary amides is 1. The first-order valence-electron chi connectivity index (χ1n) is 5.43. The van der Waals surface area contributed by atoms with Crippen molar-refractivity contribution in [3.63, 3.8) is 0 Å². The Labute approximate surface area is 90.0 Å². The van der Waals surface area contributed by atoms with Gasteiger partial charge in [0.15, 0.2) is 0 Å². The van der Waals surface area contributed by atoms with E-state index in [-0.39, 0.29) is 18.5 Å². The Bertz CT molecular complexity index is 237. The molecule has 0 bridgehead atoms. The maximum atomic E-state index is 11.6. The zero-order valence-electron chi connectivity index (χ0n) is 9.16. The zero-order chi connectivity index (χ0) is 11.3. The maximum absolute atomic E-state index is 11.6. The average molecular weight is 213 g/mol. The van der Waals surface area contributed by atoms with Gasteiger partial charge in [0, 0.05) is 12.5 Å². The number of carbonyl (C=O) groups is 2. The highest BCUT2D eigenvalue weighted by molar-refractivity contribution is 5.83. The van der Waals surface area contributed by atoms with Gasteiger partial charge < -0.3 is 16.0 Å². The molecular formula is C10H19N3O2. The third-order valence-electron chi connectivity index (χ3n) is 2.70. The fourth-order valence-corrected chi connectivity index (χ4v) is 1.91. The predicted octanol–water partition coefficient (Wildman–Crippen LogP) is -0.538. The Balaban J connectivity index is 2.60. The minimum absolute atomic E-state index is 0.0145. The molecule has 1 fully saturated rings. The van der Waals surface area contributed by atoms with Crippen LogP contribution in [0.1, 0.15) is 26.2 Å². The summed E-state index contributed by atoms with van der Waals surface area (Å²) in [6, 6.07) is 0.172. The van der Waals surface area contributed by atoms with Crippen LogP contribution in [0.3, 0.4) is 0 Å². The van der Waals surface area contributed by atoms with Crippen molar-refractivity contribution >= 4 is 11.8 Å². The van der Waals surface area contributed by atoms with Crippen LogP contribution in [0.5, 0.6) is 0 Å². The number of nitrogens with two attached hydrogens (primary N) is 1. The Morgan fingerprint density at radius 3 is 2.47 bits per heavy atom. The summed E-state index contributed by atoms with van der Waals surface area (Å²) in [5.41, 5.74) is 5.14. The Morgan fingerprint density at radius 2 is 2.00 bits per heavy atom. The van der Waals surface area contributed by atoms with Crippen molar-refractivity contribution in [3.8, 4) is 0 Å². The lowest BCUT2D eigenvalue weighted by atomic mass is 10.0. The number of nitrogens with zero attached hydrogens (tertiary/aromatic N) is 1. The first-order valence-corrected chi connectivity index (χ1v) is 5.43. The smallest absolute Gasteiger partial charge is 0.237 e. The normalized spacial score (nSPS) is 17.4. The molecule has 1 rings (SSSR count). The van der Waals surface area contributed by atoms with Gasteiger partial charge in [0.1, 0.15) is 0 Å². The van der Waals surface area contributed by atoms with Gasteiger partial charge in [-0.15, -0.1) is 0 Å². The lowest BCUT2D eigenvalue weighted by Crippen LogP contribution is -2.49. The van der Waals surface area contributed by atoms with Crippen LogP contribution in [0.25, 0.3) is 0 Å². The van der Waals surface area contributed by atoms with E-state index in [2.05, 4.69) is 5.32 Å². The summed E-state index contributed by atoms with van der Waals surface area (Å²) in [6.07, 6.45) is 2.23. The predicted molar refractivity (Wildman–Crippen MR) is 57.1 cm³/mol. The Kier molecular flexibility index (Phi) is 4.55. The van der Waals surface area contributed by atoms with Crippen LogP contribution in [-0.2, 0) is 9.59 Å². The molecule has 1 saturated heterocycles. The van der Waals surface area contributed by atoms with Crippen molar-refractivity contribution in [2.75, 3.05) is 19.6 Å². The summed E-state index contributed by atoms with van der Waals surface area (Å²) >= 11 is 0. The zero-order valence-corrected chi connectivity index (χ0v) is 9.16. The van der Waals surface area contributed by atoms with Gasteiger partial charge in [-0.25, -0.2) is 0 Å². The highest BCUT2D eigenvalue weighted by atomic mass is 16.2. The summed E-state index contributed by atoms with van der Waals surface area (Å²) < 4.78 is 0. The van der Waals surface area contributed by atoms with E-state index in [1.165, 1.54) is 0 Å². The largest absolute Gasteiger partial charge is 0.368 e. The van der Waals surface area contributed by atoms with Gasteiger partial charge in [-0.1, -0.05) is 6.92 Å². The Hall–Kier alpha value is -1.10. The van der Waals surface area contributed by atoms with Crippen molar-refractivity contribution in [2.45, 2.75) is 32.2 Å². The van der Waals surface area contributed by atoms with Crippen LogP contribution in [0.2, 0.25) is 0 Å². The monoisotopic (exact) mass is 213 g/mol. The minimum atomic E-state index is -0.435. The third-order valence-corrected chi connectivity index (χ3v) is 2.70. The van der Waals surface area contributed by atoms with Gasteiger partial charge in [-0.3, -0.25) is 9.59 Å². The molecule has 5 nitrogen and oxygen atoms in total. The molecule has 15 heavy (non-hydrogen) atoms. The number of hydrogen-bond donors (Lipinski definition) is 2. The van der Waals surface area contributed by atoms with Crippen LogP contribution in [-0.4, -0.2) is 42.4 Å². The molecule has 0 aromatic carbocycles. The molecule has 0 atom stereocenters.